The Morgan fingerprint density at radius 2 is 1.91 bits per heavy atom. The molecule has 0 aliphatic heterocycles. The van der Waals surface area contributed by atoms with Gasteiger partial charge in [0, 0.05) is 26.0 Å². The van der Waals surface area contributed by atoms with E-state index in [1.807, 2.05) is 31.2 Å². The number of halogens is 2. The smallest absolute Gasteiger partial charge is 0.341 e. The number of esters is 1. The molecule has 3 rings (SSSR count). The molecule has 1 N–H and O–H groups in total. The average molecular weight is 529 g/mol. The number of nitrogens with one attached hydrogen (secondary N) is 1. The van der Waals surface area contributed by atoms with E-state index in [-0.39, 0.29) is 24.4 Å². The molecule has 9 heteroatoms. The number of aryl methyl sites for hydroxylation is 1. The number of hydrogen-bond acceptors (Lipinski definition) is 6. The minimum Gasteiger partial charge on any atom is -0.488 e. The molecule has 0 fully saturated rings. The standard InChI is InChI=1S/C26H22Cl2N2O4S/c1-4-33-26(32)23-15(2)16(3)35-25(23)30-24(31)19(13-29)11-18-12-20(27)9-10-22(18)34-14-17-7-5-6-8-21(17)28/h5-12H,4,14H2,1-3H3,(H,30,31)/b19-11+. The van der Waals surface area contributed by atoms with Crippen molar-refractivity contribution in [3.05, 3.63) is 85.2 Å². The Labute approximate surface area is 217 Å². The van der Waals surface area contributed by atoms with Gasteiger partial charge in [0.1, 0.15) is 29.0 Å². The predicted molar refractivity (Wildman–Crippen MR) is 139 cm³/mol. The summed E-state index contributed by atoms with van der Waals surface area (Å²) < 4.78 is 11.0. The Bertz CT molecular complexity index is 1340. The van der Waals surface area contributed by atoms with Crippen molar-refractivity contribution in [1.29, 1.82) is 5.26 Å². The van der Waals surface area contributed by atoms with Crippen molar-refractivity contribution in [2.24, 2.45) is 0 Å². The largest absolute Gasteiger partial charge is 0.488 e. The van der Waals surface area contributed by atoms with Crippen LogP contribution in [0.5, 0.6) is 5.75 Å². The third kappa shape index (κ3) is 6.43. The molecule has 0 aliphatic carbocycles. The number of carbonyl (C=O) groups is 2. The maximum Gasteiger partial charge on any atom is 0.341 e. The van der Waals surface area contributed by atoms with Gasteiger partial charge in [-0.1, -0.05) is 41.4 Å². The normalized spacial score (nSPS) is 11.0. The van der Waals surface area contributed by atoms with Crippen LogP contribution in [0.4, 0.5) is 5.00 Å². The van der Waals surface area contributed by atoms with Gasteiger partial charge in [0.15, 0.2) is 0 Å². The predicted octanol–water partition coefficient (Wildman–Crippen LogP) is 6.97. The average Bonchev–Trinajstić information content (AvgIpc) is 3.10. The second kappa shape index (κ2) is 11.9. The molecule has 1 amide bonds. The van der Waals surface area contributed by atoms with Crippen LogP contribution in [-0.4, -0.2) is 18.5 Å². The van der Waals surface area contributed by atoms with E-state index in [9.17, 15) is 14.9 Å². The first-order chi connectivity index (χ1) is 16.7. The summed E-state index contributed by atoms with van der Waals surface area (Å²) in [4.78, 5) is 26.3. The summed E-state index contributed by atoms with van der Waals surface area (Å²) in [7, 11) is 0. The first-order valence-corrected chi connectivity index (χ1v) is 12.2. The molecule has 0 saturated carbocycles. The van der Waals surface area contributed by atoms with Crippen LogP contribution in [0, 0.1) is 25.2 Å². The number of thiophene rings is 1. The number of amides is 1. The Kier molecular flexibility index (Phi) is 8.94. The van der Waals surface area contributed by atoms with Gasteiger partial charge < -0.3 is 14.8 Å². The first kappa shape index (κ1) is 26.3. The van der Waals surface area contributed by atoms with Gasteiger partial charge in [-0.25, -0.2) is 4.79 Å². The molecule has 0 bridgehead atoms. The SMILES string of the molecule is CCOC(=O)c1c(NC(=O)/C(C#N)=C/c2cc(Cl)ccc2OCc2ccccc2Cl)sc(C)c1C. The molecular weight excluding hydrogens is 507 g/mol. The first-order valence-electron chi connectivity index (χ1n) is 10.6. The summed E-state index contributed by atoms with van der Waals surface area (Å²) in [6.07, 6.45) is 1.39. The number of anilines is 1. The fraction of sp³-hybridized carbons (Fsp3) is 0.192. The van der Waals surface area contributed by atoms with Crippen molar-refractivity contribution in [2.75, 3.05) is 11.9 Å². The molecule has 0 aliphatic rings. The Balaban J connectivity index is 1.89. The molecule has 6 nitrogen and oxygen atoms in total. The Morgan fingerprint density at radius 3 is 2.60 bits per heavy atom. The van der Waals surface area contributed by atoms with Crippen LogP contribution in [0.2, 0.25) is 10.0 Å². The summed E-state index contributed by atoms with van der Waals surface area (Å²) in [5.41, 5.74) is 2.05. The van der Waals surface area contributed by atoms with Crippen LogP contribution < -0.4 is 10.1 Å². The van der Waals surface area contributed by atoms with Gasteiger partial charge in [-0.3, -0.25) is 4.79 Å². The number of carbonyl (C=O) groups excluding carboxylic acids is 2. The van der Waals surface area contributed by atoms with Gasteiger partial charge in [-0.2, -0.15) is 5.26 Å². The zero-order valence-corrected chi connectivity index (χ0v) is 21.6. The van der Waals surface area contributed by atoms with E-state index in [4.69, 9.17) is 32.7 Å². The topological polar surface area (TPSA) is 88.4 Å². The highest BCUT2D eigenvalue weighted by Crippen LogP contribution is 2.34. The number of nitriles is 1. The number of rotatable bonds is 8. The van der Waals surface area contributed by atoms with E-state index in [2.05, 4.69) is 5.32 Å². The van der Waals surface area contributed by atoms with E-state index in [1.54, 1.807) is 38.1 Å². The lowest BCUT2D eigenvalue weighted by molar-refractivity contribution is -0.112. The molecule has 3 aromatic rings. The third-order valence-electron chi connectivity index (χ3n) is 5.07. The van der Waals surface area contributed by atoms with Gasteiger partial charge in [-0.15, -0.1) is 11.3 Å². The van der Waals surface area contributed by atoms with Gasteiger partial charge >= 0.3 is 5.97 Å². The van der Waals surface area contributed by atoms with Gasteiger partial charge in [0.05, 0.1) is 12.2 Å². The molecule has 0 saturated heterocycles. The van der Waals surface area contributed by atoms with Gasteiger partial charge in [0.2, 0.25) is 0 Å². The molecule has 180 valence electrons. The number of hydrogen-bond donors (Lipinski definition) is 1. The Hall–Kier alpha value is -3.31. The molecular formula is C26H22Cl2N2O4S. The van der Waals surface area contributed by atoms with Crippen LogP contribution in [0.25, 0.3) is 6.08 Å². The highest BCUT2D eigenvalue weighted by atomic mass is 35.5. The second-order valence-corrected chi connectivity index (χ2v) is 9.46. The van der Waals surface area contributed by atoms with Crippen molar-refractivity contribution < 1.29 is 19.1 Å². The van der Waals surface area contributed by atoms with Crippen LogP contribution in [0.15, 0.2) is 48.0 Å². The fourth-order valence-electron chi connectivity index (χ4n) is 3.17. The summed E-state index contributed by atoms with van der Waals surface area (Å²) in [5.74, 6) is -0.779. The molecule has 1 aromatic heterocycles. The minimum atomic E-state index is -0.670. The molecule has 0 atom stereocenters. The lowest BCUT2D eigenvalue weighted by Crippen LogP contribution is -2.16. The minimum absolute atomic E-state index is 0.187. The van der Waals surface area contributed by atoms with Crippen molar-refractivity contribution in [3.8, 4) is 11.8 Å². The number of nitrogens with zero attached hydrogens (tertiary/aromatic N) is 1. The van der Waals surface area contributed by atoms with Gasteiger partial charge in [0.25, 0.3) is 5.91 Å². The zero-order chi connectivity index (χ0) is 25.5. The molecule has 1 heterocycles. The summed E-state index contributed by atoms with van der Waals surface area (Å²) in [6.45, 7) is 5.72. The molecule has 0 radical (unpaired) electrons. The van der Waals surface area contributed by atoms with E-state index in [1.165, 1.54) is 17.4 Å². The highest BCUT2D eigenvalue weighted by molar-refractivity contribution is 7.16. The van der Waals surface area contributed by atoms with Crippen LogP contribution in [0.3, 0.4) is 0 Å². The van der Waals surface area contributed by atoms with Gasteiger partial charge in [-0.05, 0) is 56.7 Å². The van der Waals surface area contributed by atoms with E-state index in [0.717, 1.165) is 16.0 Å². The van der Waals surface area contributed by atoms with E-state index >= 15 is 0 Å². The van der Waals surface area contributed by atoms with Crippen molar-refractivity contribution in [2.45, 2.75) is 27.4 Å². The van der Waals surface area contributed by atoms with Crippen molar-refractivity contribution in [3.63, 3.8) is 0 Å². The fourth-order valence-corrected chi connectivity index (χ4v) is 4.59. The third-order valence-corrected chi connectivity index (χ3v) is 6.80. The maximum absolute atomic E-state index is 13.0. The van der Waals surface area contributed by atoms with Crippen molar-refractivity contribution >= 4 is 57.5 Å². The highest BCUT2D eigenvalue weighted by Gasteiger charge is 2.23. The van der Waals surface area contributed by atoms with Crippen LogP contribution >= 0.6 is 34.5 Å². The summed E-state index contributed by atoms with van der Waals surface area (Å²) in [5, 5.41) is 13.7. The van der Waals surface area contributed by atoms with Crippen LogP contribution in [-0.2, 0) is 16.1 Å². The molecule has 0 spiro atoms. The summed E-state index contributed by atoms with van der Waals surface area (Å²) >= 11 is 13.6. The lowest BCUT2D eigenvalue weighted by atomic mass is 10.1. The Morgan fingerprint density at radius 1 is 1.17 bits per heavy atom. The lowest BCUT2D eigenvalue weighted by Gasteiger charge is -2.11. The molecule has 0 unspecified atom stereocenters. The zero-order valence-electron chi connectivity index (χ0n) is 19.3. The summed E-state index contributed by atoms with van der Waals surface area (Å²) in [6, 6.07) is 14.1. The molecule has 2 aromatic carbocycles. The second-order valence-electron chi connectivity index (χ2n) is 7.39. The van der Waals surface area contributed by atoms with Crippen molar-refractivity contribution in [1.82, 2.24) is 0 Å². The van der Waals surface area contributed by atoms with E-state index < -0.39 is 11.9 Å². The number of ether oxygens (including phenoxy) is 2. The number of benzene rings is 2. The molecule has 35 heavy (non-hydrogen) atoms. The van der Waals surface area contributed by atoms with E-state index in [0.29, 0.717) is 26.4 Å². The maximum atomic E-state index is 13.0. The quantitative estimate of drug-likeness (QED) is 0.193. The monoisotopic (exact) mass is 528 g/mol. The van der Waals surface area contributed by atoms with Crippen LogP contribution in [0.1, 0.15) is 38.8 Å².